The first-order valence-electron chi connectivity index (χ1n) is 8.60. The highest BCUT2D eigenvalue weighted by molar-refractivity contribution is 6.02. The van der Waals surface area contributed by atoms with Crippen LogP contribution in [0.2, 0.25) is 0 Å². The summed E-state index contributed by atoms with van der Waals surface area (Å²) in [6.45, 7) is -0.675. The Morgan fingerprint density at radius 2 is 1.77 bits per heavy atom. The number of para-hydroxylation sites is 2. The average molecular weight is 408 g/mol. The summed E-state index contributed by atoms with van der Waals surface area (Å²) in [4.78, 5) is 50.4. The molecule has 0 bridgehead atoms. The average Bonchev–Trinajstić information content (AvgIpc) is 2.95. The predicted molar refractivity (Wildman–Crippen MR) is 107 cm³/mol. The Hall–Kier alpha value is -4.46. The third-order valence-corrected chi connectivity index (χ3v) is 4.72. The fourth-order valence-corrected chi connectivity index (χ4v) is 3.30. The molecule has 0 saturated heterocycles. The lowest BCUT2D eigenvalue weighted by molar-refractivity contribution is -0.385. The van der Waals surface area contributed by atoms with Crippen LogP contribution in [-0.4, -0.2) is 35.3 Å². The molecule has 3 rings (SSSR count). The van der Waals surface area contributed by atoms with Gasteiger partial charge in [0.15, 0.2) is 5.78 Å². The Bertz CT molecular complexity index is 1190. The van der Waals surface area contributed by atoms with Crippen LogP contribution in [0.1, 0.15) is 10.4 Å². The van der Waals surface area contributed by atoms with Gasteiger partial charge in [0.2, 0.25) is 0 Å². The van der Waals surface area contributed by atoms with Gasteiger partial charge >= 0.3 is 0 Å². The highest BCUT2D eigenvalue weighted by atomic mass is 16.6. The van der Waals surface area contributed by atoms with Crippen LogP contribution in [0.25, 0.3) is 0 Å². The van der Waals surface area contributed by atoms with Crippen molar-refractivity contribution >= 4 is 28.8 Å². The van der Waals surface area contributed by atoms with E-state index in [1.54, 1.807) is 23.9 Å². The van der Waals surface area contributed by atoms with Gasteiger partial charge in [-0.3, -0.25) is 24.5 Å². The minimum Gasteiger partial charge on any atom is -0.365 e. The normalized spacial score (nSPS) is 12.4. The van der Waals surface area contributed by atoms with Crippen molar-refractivity contribution in [1.82, 2.24) is 4.57 Å². The smallest absolute Gasteiger partial charge is 0.286 e. The molecule has 1 amide bonds. The van der Waals surface area contributed by atoms with E-state index in [1.165, 1.54) is 0 Å². The number of carbonyl (C=O) groups is 2. The lowest BCUT2D eigenvalue weighted by atomic mass is 10.1. The molecule has 11 heteroatoms. The zero-order valence-electron chi connectivity index (χ0n) is 16.0. The Morgan fingerprint density at radius 3 is 2.23 bits per heavy atom. The maximum Gasteiger partial charge on any atom is 0.286 e. The van der Waals surface area contributed by atoms with Crippen LogP contribution < -0.4 is 21.1 Å². The largest absolute Gasteiger partial charge is 0.365 e. The van der Waals surface area contributed by atoms with E-state index in [2.05, 4.69) is 0 Å². The third-order valence-electron chi connectivity index (χ3n) is 4.72. The standard InChI is InChI=1S/C19H16N6O5/c1-22-14-5-3-4-6-15(14)23(2)18(22)13(8-20)16(26)10-24-9-11(25(29)30)7-12(17(21)27)19(24)28/h3-7,9H,10H2,1-2H3,(H2,21,27). The van der Waals surface area contributed by atoms with Crippen molar-refractivity contribution in [2.75, 3.05) is 23.9 Å². The molecule has 0 atom stereocenters. The van der Waals surface area contributed by atoms with Gasteiger partial charge in [0.1, 0.15) is 23.0 Å². The summed E-state index contributed by atoms with van der Waals surface area (Å²) in [6, 6.07) is 9.89. The summed E-state index contributed by atoms with van der Waals surface area (Å²) >= 11 is 0. The molecule has 0 fully saturated rings. The molecule has 0 radical (unpaired) electrons. The minimum atomic E-state index is -1.16. The van der Waals surface area contributed by atoms with E-state index in [-0.39, 0.29) is 5.57 Å². The molecule has 11 nitrogen and oxygen atoms in total. The van der Waals surface area contributed by atoms with E-state index in [1.807, 2.05) is 30.3 Å². The van der Waals surface area contributed by atoms with Gasteiger partial charge < -0.3 is 20.1 Å². The van der Waals surface area contributed by atoms with E-state index < -0.39 is 40.0 Å². The Kier molecular flexibility index (Phi) is 5.08. The number of nitriles is 1. The van der Waals surface area contributed by atoms with Crippen molar-refractivity contribution in [2.24, 2.45) is 5.73 Å². The van der Waals surface area contributed by atoms with Crippen molar-refractivity contribution in [1.29, 1.82) is 5.26 Å². The highest BCUT2D eigenvalue weighted by Gasteiger charge is 2.31. The van der Waals surface area contributed by atoms with Crippen LogP contribution in [-0.2, 0) is 11.3 Å². The molecule has 2 N–H and O–H groups in total. The zero-order valence-corrected chi connectivity index (χ0v) is 16.0. The molecule has 1 aliphatic rings. The number of hydrogen-bond acceptors (Lipinski definition) is 8. The van der Waals surface area contributed by atoms with Crippen molar-refractivity contribution in [3.8, 4) is 6.07 Å². The van der Waals surface area contributed by atoms with E-state index in [9.17, 15) is 29.8 Å². The number of amides is 1. The van der Waals surface area contributed by atoms with Crippen LogP contribution >= 0.6 is 0 Å². The zero-order chi connectivity index (χ0) is 22.2. The second kappa shape index (κ2) is 7.51. The van der Waals surface area contributed by atoms with Crippen LogP contribution in [0, 0.1) is 21.4 Å². The van der Waals surface area contributed by atoms with Gasteiger partial charge in [0.25, 0.3) is 17.2 Å². The molecule has 30 heavy (non-hydrogen) atoms. The number of aromatic nitrogens is 1. The van der Waals surface area contributed by atoms with Crippen molar-refractivity contribution in [2.45, 2.75) is 6.54 Å². The molecule has 1 aromatic carbocycles. The number of Topliss-reactive ketones (excluding diaryl/α,β-unsaturated/α-hetero) is 1. The van der Waals surface area contributed by atoms with Gasteiger partial charge in [0.05, 0.1) is 29.0 Å². The number of allylic oxidation sites excluding steroid dienone is 1. The number of rotatable bonds is 5. The molecule has 0 saturated carbocycles. The fraction of sp³-hybridized carbons (Fsp3) is 0.158. The fourth-order valence-electron chi connectivity index (χ4n) is 3.30. The Morgan fingerprint density at radius 1 is 1.20 bits per heavy atom. The summed E-state index contributed by atoms with van der Waals surface area (Å²) in [5.41, 5.74) is 4.28. The Balaban J connectivity index is 2.07. The molecule has 1 aliphatic heterocycles. The molecule has 2 heterocycles. The molecule has 0 aliphatic carbocycles. The summed E-state index contributed by atoms with van der Waals surface area (Å²) in [5, 5.41) is 20.8. The van der Waals surface area contributed by atoms with E-state index in [0.717, 1.165) is 23.6 Å². The van der Waals surface area contributed by atoms with Gasteiger partial charge in [-0.15, -0.1) is 0 Å². The van der Waals surface area contributed by atoms with E-state index >= 15 is 0 Å². The predicted octanol–water partition coefficient (Wildman–Crippen LogP) is 0.746. The van der Waals surface area contributed by atoms with Crippen LogP contribution in [0.3, 0.4) is 0 Å². The first-order valence-corrected chi connectivity index (χ1v) is 8.60. The topological polar surface area (TPSA) is 156 Å². The molecular formula is C19H16N6O5. The van der Waals surface area contributed by atoms with Gasteiger partial charge in [-0.2, -0.15) is 5.26 Å². The van der Waals surface area contributed by atoms with Crippen molar-refractivity contribution < 1.29 is 14.5 Å². The summed E-state index contributed by atoms with van der Waals surface area (Å²) in [6.07, 6.45) is 0.836. The second-order valence-corrected chi connectivity index (χ2v) is 6.51. The summed E-state index contributed by atoms with van der Waals surface area (Å²) in [7, 11) is 3.38. The molecular weight excluding hydrogens is 392 g/mol. The number of ketones is 1. The van der Waals surface area contributed by atoms with Gasteiger partial charge in [0, 0.05) is 20.2 Å². The number of pyridine rings is 1. The lowest BCUT2D eigenvalue weighted by Gasteiger charge is -2.20. The Labute approximate surface area is 170 Å². The van der Waals surface area contributed by atoms with Crippen LogP contribution in [0.15, 0.2) is 52.7 Å². The second-order valence-electron chi connectivity index (χ2n) is 6.51. The third kappa shape index (κ3) is 3.26. The SMILES string of the molecule is CN1C(=C(C#N)C(=O)Cn2cc([N+](=O)[O-])cc(C(N)=O)c2=O)N(C)c2ccccc21. The number of nitrogens with two attached hydrogens (primary N) is 1. The molecule has 152 valence electrons. The molecule has 0 unspecified atom stereocenters. The maximum atomic E-state index is 12.9. The first kappa shape index (κ1) is 20.3. The van der Waals surface area contributed by atoms with Crippen molar-refractivity contribution in [3.05, 3.63) is 74.0 Å². The number of nitro groups is 1. The maximum absolute atomic E-state index is 12.9. The number of carbonyl (C=O) groups excluding carboxylic acids is 2. The van der Waals surface area contributed by atoms with Crippen molar-refractivity contribution in [3.63, 3.8) is 0 Å². The van der Waals surface area contributed by atoms with E-state index in [4.69, 9.17) is 5.73 Å². The van der Waals surface area contributed by atoms with Crippen LogP contribution in [0.5, 0.6) is 0 Å². The highest BCUT2D eigenvalue weighted by Crippen LogP contribution is 2.40. The van der Waals surface area contributed by atoms with E-state index in [0.29, 0.717) is 10.4 Å². The van der Waals surface area contributed by atoms with Crippen LogP contribution in [0.4, 0.5) is 17.1 Å². The number of anilines is 2. The van der Waals surface area contributed by atoms with Gasteiger partial charge in [-0.1, -0.05) is 12.1 Å². The minimum absolute atomic E-state index is 0.241. The molecule has 0 spiro atoms. The molecule has 2 aromatic rings. The number of hydrogen-bond donors (Lipinski definition) is 1. The number of primary amides is 1. The first-order chi connectivity index (χ1) is 14.2. The monoisotopic (exact) mass is 408 g/mol. The quantitative estimate of drug-likeness (QED) is 0.329. The number of fused-ring (bicyclic) bond motifs is 1. The van der Waals surface area contributed by atoms with Gasteiger partial charge in [-0.25, -0.2) is 0 Å². The molecule has 1 aromatic heterocycles. The summed E-state index contributed by atoms with van der Waals surface area (Å²) < 4.78 is 0.709. The summed E-state index contributed by atoms with van der Waals surface area (Å²) in [5.74, 6) is -1.61. The number of benzene rings is 1. The lowest BCUT2D eigenvalue weighted by Crippen LogP contribution is -2.33. The number of nitrogens with zero attached hydrogens (tertiary/aromatic N) is 5. The van der Waals surface area contributed by atoms with Gasteiger partial charge in [-0.05, 0) is 12.1 Å².